The van der Waals surface area contributed by atoms with Crippen LogP contribution in [0.2, 0.25) is 0 Å². The fourth-order valence-corrected chi connectivity index (χ4v) is 2.24. The maximum atomic E-state index is 4.26. The van der Waals surface area contributed by atoms with Crippen molar-refractivity contribution in [2.75, 3.05) is 23.8 Å². The lowest BCUT2D eigenvalue weighted by molar-refractivity contribution is 0.830. The molecule has 4 nitrogen and oxygen atoms in total. The van der Waals surface area contributed by atoms with E-state index in [1.807, 2.05) is 18.0 Å². The van der Waals surface area contributed by atoms with Crippen LogP contribution in [-0.4, -0.2) is 23.6 Å². The molecule has 3 rings (SSSR count). The summed E-state index contributed by atoms with van der Waals surface area (Å²) in [5, 5.41) is 3.44. The Bertz CT molecular complexity index is 539. The SMILES string of the molecule is CN(c1ccc2c(c1)NCCC2)c1ncccn1. The summed E-state index contributed by atoms with van der Waals surface area (Å²) in [6, 6.07) is 8.31. The Morgan fingerprint density at radius 1 is 1.22 bits per heavy atom. The second-order valence-electron chi connectivity index (χ2n) is 4.48. The topological polar surface area (TPSA) is 41.0 Å². The second-order valence-corrected chi connectivity index (χ2v) is 4.48. The Balaban J connectivity index is 1.93. The first kappa shape index (κ1) is 11.0. The van der Waals surface area contributed by atoms with Crippen molar-refractivity contribution in [3.8, 4) is 0 Å². The normalized spacial score (nSPS) is 13.6. The van der Waals surface area contributed by atoms with Crippen molar-refractivity contribution in [2.45, 2.75) is 12.8 Å². The summed E-state index contributed by atoms with van der Waals surface area (Å²) in [4.78, 5) is 10.5. The van der Waals surface area contributed by atoms with Crippen molar-refractivity contribution in [3.05, 3.63) is 42.2 Å². The molecule has 1 aliphatic heterocycles. The number of fused-ring (bicyclic) bond motifs is 1. The van der Waals surface area contributed by atoms with E-state index in [9.17, 15) is 0 Å². The van der Waals surface area contributed by atoms with E-state index >= 15 is 0 Å². The summed E-state index contributed by atoms with van der Waals surface area (Å²) in [7, 11) is 1.99. The van der Waals surface area contributed by atoms with Gasteiger partial charge in [-0.05, 0) is 36.6 Å². The van der Waals surface area contributed by atoms with E-state index in [0.717, 1.165) is 18.7 Å². The molecule has 0 atom stereocenters. The van der Waals surface area contributed by atoms with Gasteiger partial charge in [0.1, 0.15) is 0 Å². The standard InChI is InChI=1S/C14H16N4/c1-18(14-16-8-3-9-17-14)12-6-5-11-4-2-7-15-13(11)10-12/h3,5-6,8-10,15H,2,4,7H2,1H3. The molecular weight excluding hydrogens is 224 g/mol. The van der Waals surface area contributed by atoms with Crippen LogP contribution in [0.3, 0.4) is 0 Å². The minimum absolute atomic E-state index is 0.716. The summed E-state index contributed by atoms with van der Waals surface area (Å²) in [5.74, 6) is 0.716. The molecule has 1 aromatic carbocycles. The number of nitrogens with one attached hydrogen (secondary N) is 1. The van der Waals surface area contributed by atoms with Crippen molar-refractivity contribution in [3.63, 3.8) is 0 Å². The lowest BCUT2D eigenvalue weighted by atomic mass is 10.0. The lowest BCUT2D eigenvalue weighted by Gasteiger charge is -2.22. The predicted octanol–water partition coefficient (Wildman–Crippen LogP) is 2.60. The molecule has 0 radical (unpaired) electrons. The maximum absolute atomic E-state index is 4.26. The van der Waals surface area contributed by atoms with E-state index in [-0.39, 0.29) is 0 Å². The van der Waals surface area contributed by atoms with Gasteiger partial charge in [-0.2, -0.15) is 0 Å². The lowest BCUT2D eigenvalue weighted by Crippen LogP contribution is -2.15. The van der Waals surface area contributed by atoms with Crippen molar-refractivity contribution in [2.24, 2.45) is 0 Å². The third-order valence-electron chi connectivity index (χ3n) is 3.27. The van der Waals surface area contributed by atoms with Crippen molar-refractivity contribution < 1.29 is 0 Å². The third kappa shape index (κ3) is 2.01. The third-order valence-corrected chi connectivity index (χ3v) is 3.27. The highest BCUT2D eigenvalue weighted by atomic mass is 15.2. The molecule has 1 aromatic heterocycles. The minimum Gasteiger partial charge on any atom is -0.385 e. The summed E-state index contributed by atoms with van der Waals surface area (Å²) in [6.07, 6.45) is 5.89. The Morgan fingerprint density at radius 3 is 2.89 bits per heavy atom. The number of anilines is 3. The van der Waals surface area contributed by atoms with Crippen LogP contribution in [0, 0.1) is 0 Å². The van der Waals surface area contributed by atoms with E-state index in [1.54, 1.807) is 12.4 Å². The quantitative estimate of drug-likeness (QED) is 0.876. The Labute approximate surface area is 107 Å². The van der Waals surface area contributed by atoms with Crippen LogP contribution in [0.5, 0.6) is 0 Å². The molecule has 0 fully saturated rings. The second kappa shape index (κ2) is 4.64. The molecule has 0 saturated carbocycles. The van der Waals surface area contributed by atoms with Gasteiger partial charge in [0.25, 0.3) is 0 Å². The average Bonchev–Trinajstić information content (AvgIpc) is 2.47. The Morgan fingerprint density at radius 2 is 2.06 bits per heavy atom. The van der Waals surface area contributed by atoms with Gasteiger partial charge in [-0.1, -0.05) is 6.07 Å². The molecule has 2 heterocycles. The van der Waals surface area contributed by atoms with E-state index in [4.69, 9.17) is 0 Å². The first-order valence-electron chi connectivity index (χ1n) is 6.22. The number of benzene rings is 1. The summed E-state index contributed by atoms with van der Waals surface area (Å²) in [6.45, 7) is 1.06. The van der Waals surface area contributed by atoms with Gasteiger partial charge >= 0.3 is 0 Å². The van der Waals surface area contributed by atoms with Gasteiger partial charge in [-0.15, -0.1) is 0 Å². The number of hydrogen-bond donors (Lipinski definition) is 1. The van der Waals surface area contributed by atoms with Crippen LogP contribution in [0.15, 0.2) is 36.7 Å². The van der Waals surface area contributed by atoms with E-state index < -0.39 is 0 Å². The molecule has 2 aromatic rings. The summed E-state index contributed by atoms with van der Waals surface area (Å²) in [5.41, 5.74) is 3.74. The molecule has 0 bridgehead atoms. The molecule has 0 saturated heterocycles. The largest absolute Gasteiger partial charge is 0.385 e. The van der Waals surface area contributed by atoms with E-state index in [1.165, 1.54) is 17.7 Å². The molecule has 0 amide bonds. The number of rotatable bonds is 2. The molecule has 0 aliphatic carbocycles. The zero-order valence-electron chi connectivity index (χ0n) is 10.4. The molecule has 92 valence electrons. The van der Waals surface area contributed by atoms with Crippen molar-refractivity contribution in [1.82, 2.24) is 9.97 Å². The van der Waals surface area contributed by atoms with Crippen LogP contribution in [0.1, 0.15) is 12.0 Å². The van der Waals surface area contributed by atoms with Gasteiger partial charge in [0.2, 0.25) is 5.95 Å². The average molecular weight is 240 g/mol. The zero-order chi connectivity index (χ0) is 12.4. The highest BCUT2D eigenvalue weighted by molar-refractivity contribution is 5.66. The Hall–Kier alpha value is -2.10. The Kier molecular flexibility index (Phi) is 2.84. The van der Waals surface area contributed by atoms with Gasteiger partial charge in [0.15, 0.2) is 0 Å². The summed E-state index contributed by atoms with van der Waals surface area (Å²) < 4.78 is 0. The van der Waals surface area contributed by atoms with E-state index in [0.29, 0.717) is 5.95 Å². The highest BCUT2D eigenvalue weighted by Crippen LogP contribution is 2.28. The first-order valence-corrected chi connectivity index (χ1v) is 6.22. The maximum Gasteiger partial charge on any atom is 0.229 e. The molecule has 0 spiro atoms. The smallest absolute Gasteiger partial charge is 0.229 e. The van der Waals surface area contributed by atoms with Crippen molar-refractivity contribution in [1.29, 1.82) is 0 Å². The first-order chi connectivity index (χ1) is 8.84. The van der Waals surface area contributed by atoms with Crippen LogP contribution in [0.4, 0.5) is 17.3 Å². The zero-order valence-corrected chi connectivity index (χ0v) is 10.4. The molecule has 0 unspecified atom stereocenters. The number of hydrogen-bond acceptors (Lipinski definition) is 4. The van der Waals surface area contributed by atoms with Crippen molar-refractivity contribution >= 4 is 17.3 Å². The number of aromatic nitrogens is 2. The molecule has 1 aliphatic rings. The number of nitrogens with zero attached hydrogens (tertiary/aromatic N) is 3. The predicted molar refractivity (Wildman–Crippen MR) is 73.3 cm³/mol. The molecule has 1 N–H and O–H groups in total. The van der Waals surface area contributed by atoms with Gasteiger partial charge in [0.05, 0.1) is 0 Å². The molecule has 4 heteroatoms. The van der Waals surface area contributed by atoms with E-state index in [2.05, 4.69) is 33.5 Å². The number of aryl methyl sites for hydroxylation is 1. The van der Waals surface area contributed by atoms with Gasteiger partial charge < -0.3 is 10.2 Å². The fraction of sp³-hybridized carbons (Fsp3) is 0.286. The van der Waals surface area contributed by atoms with Gasteiger partial charge in [-0.25, -0.2) is 9.97 Å². The van der Waals surface area contributed by atoms with Crippen LogP contribution < -0.4 is 10.2 Å². The minimum atomic E-state index is 0.716. The molecular formula is C14H16N4. The highest BCUT2D eigenvalue weighted by Gasteiger charge is 2.12. The monoisotopic (exact) mass is 240 g/mol. The van der Waals surface area contributed by atoms with Gasteiger partial charge in [-0.3, -0.25) is 0 Å². The molecule has 18 heavy (non-hydrogen) atoms. The van der Waals surface area contributed by atoms with Crippen LogP contribution in [0.25, 0.3) is 0 Å². The summed E-state index contributed by atoms with van der Waals surface area (Å²) >= 11 is 0. The van der Waals surface area contributed by atoms with Crippen LogP contribution >= 0.6 is 0 Å². The van der Waals surface area contributed by atoms with Gasteiger partial charge in [0, 0.05) is 37.4 Å². The van der Waals surface area contributed by atoms with Crippen LogP contribution in [-0.2, 0) is 6.42 Å². The fourth-order valence-electron chi connectivity index (χ4n) is 2.24.